The van der Waals surface area contributed by atoms with E-state index in [0.29, 0.717) is 30.3 Å². The Balaban J connectivity index is 1.93. The van der Waals surface area contributed by atoms with Crippen molar-refractivity contribution in [1.82, 2.24) is 15.0 Å². The van der Waals surface area contributed by atoms with Gasteiger partial charge in [0.15, 0.2) is 0 Å². The molecule has 0 spiro atoms. The summed E-state index contributed by atoms with van der Waals surface area (Å²) in [6, 6.07) is 3.78. The molecular formula is C17H22FN3OS. The van der Waals surface area contributed by atoms with Crippen LogP contribution in [0.15, 0.2) is 24.5 Å². The second kappa shape index (κ2) is 7.57. The lowest BCUT2D eigenvalue weighted by molar-refractivity contribution is 0.184. The van der Waals surface area contributed by atoms with Crippen LogP contribution in [0.25, 0.3) is 10.8 Å². The molecule has 4 nitrogen and oxygen atoms in total. The molecule has 1 aromatic heterocycles. The van der Waals surface area contributed by atoms with Crippen molar-refractivity contribution in [2.45, 2.75) is 38.0 Å². The number of fused-ring (bicyclic) bond motifs is 1. The van der Waals surface area contributed by atoms with Gasteiger partial charge in [0, 0.05) is 42.5 Å². The van der Waals surface area contributed by atoms with Gasteiger partial charge < -0.3 is 10.4 Å². The summed E-state index contributed by atoms with van der Waals surface area (Å²) in [5, 5.41) is 15.4. The lowest BCUT2D eigenvalue weighted by Gasteiger charge is -2.27. The quantitative estimate of drug-likeness (QED) is 0.679. The van der Waals surface area contributed by atoms with Gasteiger partial charge in [-0.05, 0) is 42.2 Å². The van der Waals surface area contributed by atoms with Gasteiger partial charge in [-0.2, -0.15) is 0 Å². The van der Waals surface area contributed by atoms with Crippen molar-refractivity contribution in [3.63, 3.8) is 0 Å². The minimum absolute atomic E-state index is 0.270. The Morgan fingerprint density at radius 2 is 2.26 bits per heavy atom. The van der Waals surface area contributed by atoms with E-state index >= 15 is 0 Å². The van der Waals surface area contributed by atoms with Gasteiger partial charge in [-0.3, -0.25) is 9.71 Å². The molecule has 23 heavy (non-hydrogen) atoms. The van der Waals surface area contributed by atoms with Crippen LogP contribution < -0.4 is 10.0 Å². The summed E-state index contributed by atoms with van der Waals surface area (Å²) in [4.78, 5) is 4.15. The van der Waals surface area contributed by atoms with Crippen molar-refractivity contribution >= 4 is 22.7 Å². The minimum Gasteiger partial charge on any atom is -0.387 e. The average molecular weight is 335 g/mol. The van der Waals surface area contributed by atoms with Crippen molar-refractivity contribution in [3.05, 3.63) is 41.5 Å². The summed E-state index contributed by atoms with van der Waals surface area (Å²) in [6.45, 7) is 0.876. The highest BCUT2D eigenvalue weighted by Gasteiger charge is 2.20. The third kappa shape index (κ3) is 3.66. The molecule has 1 heterocycles. The topological polar surface area (TPSA) is 57.2 Å². The van der Waals surface area contributed by atoms with Crippen molar-refractivity contribution in [1.29, 1.82) is 0 Å². The largest absolute Gasteiger partial charge is 0.387 e. The number of hydrogen-bond donors (Lipinski definition) is 3. The molecule has 0 bridgehead atoms. The van der Waals surface area contributed by atoms with Crippen LogP contribution in [-0.2, 0) is 6.54 Å². The van der Waals surface area contributed by atoms with Crippen LogP contribution in [0.2, 0.25) is 0 Å². The fraction of sp³-hybridized carbons (Fsp3) is 0.471. The van der Waals surface area contributed by atoms with Gasteiger partial charge in [0.1, 0.15) is 5.82 Å². The molecule has 1 saturated carbocycles. The third-order valence-electron chi connectivity index (χ3n) is 4.48. The maximum absolute atomic E-state index is 14.6. The monoisotopic (exact) mass is 335 g/mol. The Kier molecular flexibility index (Phi) is 5.48. The predicted octanol–water partition coefficient (Wildman–Crippen LogP) is 2.92. The van der Waals surface area contributed by atoms with Gasteiger partial charge in [-0.15, -0.1) is 0 Å². The zero-order valence-corrected chi connectivity index (χ0v) is 14.0. The Morgan fingerprint density at radius 1 is 1.43 bits per heavy atom. The van der Waals surface area contributed by atoms with Gasteiger partial charge in [-0.25, -0.2) is 4.39 Å². The summed E-state index contributed by atoms with van der Waals surface area (Å²) < 4.78 is 17.6. The Hall–Kier alpha value is -1.21. The fourth-order valence-corrected chi connectivity index (χ4v) is 3.23. The fourth-order valence-electron chi connectivity index (χ4n) is 2.90. The summed E-state index contributed by atoms with van der Waals surface area (Å²) in [5.41, 5.74) is 1.24. The zero-order chi connectivity index (χ0) is 16.2. The van der Waals surface area contributed by atoms with E-state index in [0.717, 1.165) is 23.6 Å². The molecule has 0 aliphatic heterocycles. The van der Waals surface area contributed by atoms with Crippen molar-refractivity contribution in [2.75, 3.05) is 12.8 Å². The first-order valence-corrected chi connectivity index (χ1v) is 9.15. The van der Waals surface area contributed by atoms with E-state index in [1.54, 1.807) is 12.4 Å². The summed E-state index contributed by atoms with van der Waals surface area (Å²) in [7, 11) is 0. The molecule has 2 aromatic rings. The lowest BCUT2D eigenvalue weighted by atomic mass is 9.92. The maximum Gasteiger partial charge on any atom is 0.128 e. The molecule has 1 aliphatic carbocycles. The van der Waals surface area contributed by atoms with E-state index < -0.39 is 6.10 Å². The van der Waals surface area contributed by atoms with Crippen LogP contribution in [0.3, 0.4) is 0 Å². The number of nitrogens with zero attached hydrogens (tertiary/aromatic N) is 1. The van der Waals surface area contributed by atoms with Crippen LogP contribution in [0.5, 0.6) is 0 Å². The Bertz CT molecular complexity index is 678. The number of pyridine rings is 1. The van der Waals surface area contributed by atoms with Crippen molar-refractivity contribution in [3.8, 4) is 0 Å². The smallest absolute Gasteiger partial charge is 0.128 e. The SMILES string of the molecule is CSNCC(O)c1cc(F)c(CNC2CCC2)c2ccncc12. The molecule has 1 fully saturated rings. The second-order valence-electron chi connectivity index (χ2n) is 5.92. The zero-order valence-electron chi connectivity index (χ0n) is 13.2. The van der Waals surface area contributed by atoms with Crippen LogP contribution in [-0.4, -0.2) is 28.9 Å². The molecule has 0 saturated heterocycles. The standard InChI is InChI=1S/C17H22FN3OS/c1-23-21-10-17(22)13-7-16(18)15(9-20-11-3-2-4-11)12-5-6-19-8-14(12)13/h5-8,11,17,20-22H,2-4,9-10H2,1H3. The van der Waals surface area contributed by atoms with E-state index in [-0.39, 0.29) is 5.82 Å². The maximum atomic E-state index is 14.6. The van der Waals surface area contributed by atoms with Crippen LogP contribution in [0.1, 0.15) is 36.5 Å². The summed E-state index contributed by atoms with van der Waals surface area (Å²) in [5.74, 6) is -0.270. The number of aliphatic hydroxyl groups is 1. The minimum atomic E-state index is -0.766. The number of halogens is 1. The number of benzene rings is 1. The van der Waals surface area contributed by atoms with Crippen LogP contribution in [0, 0.1) is 5.82 Å². The lowest BCUT2D eigenvalue weighted by Crippen LogP contribution is -2.34. The van der Waals surface area contributed by atoms with Gasteiger partial charge in [-0.1, -0.05) is 18.4 Å². The number of aromatic nitrogens is 1. The van der Waals surface area contributed by atoms with E-state index in [1.807, 2.05) is 12.3 Å². The number of aliphatic hydroxyl groups excluding tert-OH is 1. The van der Waals surface area contributed by atoms with E-state index in [4.69, 9.17) is 0 Å². The first-order chi connectivity index (χ1) is 11.2. The van der Waals surface area contributed by atoms with E-state index in [1.165, 1.54) is 24.4 Å². The Morgan fingerprint density at radius 3 is 2.96 bits per heavy atom. The molecule has 1 unspecified atom stereocenters. The van der Waals surface area contributed by atoms with E-state index in [9.17, 15) is 9.50 Å². The highest BCUT2D eigenvalue weighted by Crippen LogP contribution is 2.29. The van der Waals surface area contributed by atoms with Gasteiger partial charge in [0.2, 0.25) is 0 Å². The first kappa shape index (κ1) is 16.6. The predicted molar refractivity (Wildman–Crippen MR) is 92.7 cm³/mol. The molecule has 0 radical (unpaired) electrons. The molecule has 3 N–H and O–H groups in total. The average Bonchev–Trinajstić information content (AvgIpc) is 2.52. The number of hydrogen-bond acceptors (Lipinski definition) is 5. The van der Waals surface area contributed by atoms with Crippen molar-refractivity contribution < 1.29 is 9.50 Å². The molecule has 0 amide bonds. The highest BCUT2D eigenvalue weighted by molar-refractivity contribution is 7.96. The van der Waals surface area contributed by atoms with Gasteiger partial charge >= 0.3 is 0 Å². The van der Waals surface area contributed by atoms with Crippen LogP contribution in [0.4, 0.5) is 4.39 Å². The van der Waals surface area contributed by atoms with Crippen molar-refractivity contribution in [2.24, 2.45) is 0 Å². The number of nitrogens with one attached hydrogen (secondary N) is 2. The second-order valence-corrected chi connectivity index (χ2v) is 6.62. The molecule has 1 aromatic carbocycles. The third-order valence-corrected chi connectivity index (χ3v) is 4.94. The molecule has 3 rings (SSSR count). The normalized spacial score (nSPS) is 16.5. The molecule has 6 heteroatoms. The molecular weight excluding hydrogens is 313 g/mol. The number of rotatable bonds is 7. The molecule has 1 atom stereocenters. The molecule has 124 valence electrons. The van der Waals surface area contributed by atoms with Gasteiger partial charge in [0.05, 0.1) is 6.10 Å². The van der Waals surface area contributed by atoms with Gasteiger partial charge in [0.25, 0.3) is 0 Å². The Labute approximate surface area is 140 Å². The first-order valence-electron chi connectivity index (χ1n) is 7.93. The molecule has 1 aliphatic rings. The van der Waals surface area contributed by atoms with Crippen LogP contribution >= 0.6 is 11.9 Å². The highest BCUT2D eigenvalue weighted by atomic mass is 32.2. The summed E-state index contributed by atoms with van der Waals surface area (Å²) in [6.07, 6.45) is 8.08. The van der Waals surface area contributed by atoms with E-state index in [2.05, 4.69) is 15.0 Å². The summed E-state index contributed by atoms with van der Waals surface area (Å²) >= 11 is 1.43.